The summed E-state index contributed by atoms with van der Waals surface area (Å²) in [6.45, 7) is 2.01. The van der Waals surface area contributed by atoms with Crippen LogP contribution < -0.4 is 14.0 Å². The van der Waals surface area contributed by atoms with Gasteiger partial charge >= 0.3 is 0 Å². The Morgan fingerprint density at radius 1 is 1.06 bits per heavy atom. The molecule has 0 aliphatic carbocycles. The largest absolute Gasteiger partial charge is 0.253 e. The lowest BCUT2D eigenvalue weighted by Gasteiger charge is -2.03. The highest BCUT2D eigenvalue weighted by atomic mass is 35.7. The minimum Gasteiger partial charge on any atom is -0.253 e. The van der Waals surface area contributed by atoms with Crippen molar-refractivity contribution in [2.75, 3.05) is 0 Å². The third-order valence-electron chi connectivity index (χ3n) is 1.74. The molecule has 0 unspecified atom stereocenters. The molecule has 0 fully saturated rings. The molecule has 1 N–H and O–H groups in total. The summed E-state index contributed by atoms with van der Waals surface area (Å²) < 4.78 is 32.7. The van der Waals surface area contributed by atoms with E-state index in [2.05, 4.69) is 17.1 Å². The van der Waals surface area contributed by atoms with Crippen molar-refractivity contribution in [1.29, 1.82) is 0 Å². The molecule has 6 heteroatoms. The second kappa shape index (κ2) is 5.20. The molecule has 0 aliphatic heterocycles. The van der Waals surface area contributed by atoms with Gasteiger partial charge in [0, 0.05) is 11.1 Å². The molecule has 1 aromatic carbocycles. The molecule has 0 bridgehead atoms. The zero-order valence-electron chi connectivity index (χ0n) is 8.46. The van der Waals surface area contributed by atoms with Crippen molar-refractivity contribution in [1.82, 2.24) is 4.98 Å². The van der Waals surface area contributed by atoms with E-state index in [1.54, 1.807) is 0 Å². The summed E-state index contributed by atoms with van der Waals surface area (Å²) in [5.41, 5.74) is 2.15. The molecule has 0 amide bonds. The Kier molecular flexibility index (Phi) is 4.17. The van der Waals surface area contributed by atoms with Gasteiger partial charge in [0.25, 0.3) is 0 Å². The number of hydrogen-bond donors (Lipinski definition) is 1. The molecule has 86 valence electrons. The zero-order valence-corrected chi connectivity index (χ0v) is 9.22. The highest BCUT2D eigenvalue weighted by molar-refractivity contribution is 5.78. The van der Waals surface area contributed by atoms with Crippen molar-refractivity contribution < 1.29 is 28.9 Å². The highest BCUT2D eigenvalue weighted by Crippen LogP contribution is 2.10. The highest BCUT2D eigenvalue weighted by Gasteiger charge is 1.98. The summed E-state index contributed by atoms with van der Waals surface area (Å²) >= 11 is 0. The Bertz CT molecular complexity index is 464. The summed E-state index contributed by atoms with van der Waals surface area (Å²) in [5, 5.41) is 1.21. The van der Waals surface area contributed by atoms with Gasteiger partial charge in [-0.3, -0.25) is 4.98 Å². The van der Waals surface area contributed by atoms with Crippen LogP contribution in [0.5, 0.6) is 0 Å². The SMILES string of the molecule is Cc1ccc2ccccc2n1.[O-][Cl+3]([O-])([O-])O. The van der Waals surface area contributed by atoms with Gasteiger partial charge in [-0.1, -0.05) is 24.3 Å². The Morgan fingerprint density at radius 2 is 1.62 bits per heavy atom. The molecule has 2 rings (SSSR count). The van der Waals surface area contributed by atoms with Gasteiger partial charge in [0.1, 0.15) is 0 Å². The van der Waals surface area contributed by atoms with E-state index < -0.39 is 10.2 Å². The number of halogens is 1. The molecule has 0 saturated carbocycles. The van der Waals surface area contributed by atoms with Gasteiger partial charge in [-0.15, -0.1) is 0 Å². The van der Waals surface area contributed by atoms with Crippen LogP contribution in [0.2, 0.25) is 0 Å². The number of aryl methyl sites for hydroxylation is 1. The summed E-state index contributed by atoms with van der Waals surface area (Å²) in [6.07, 6.45) is 0. The van der Waals surface area contributed by atoms with Crippen LogP contribution in [-0.4, -0.2) is 9.64 Å². The summed E-state index contributed by atoms with van der Waals surface area (Å²) in [4.78, 5) is 4.38. The normalized spacial score (nSPS) is 10.8. The molecule has 1 heterocycles. The van der Waals surface area contributed by atoms with E-state index in [1.165, 1.54) is 5.39 Å². The molecule has 0 radical (unpaired) electrons. The van der Waals surface area contributed by atoms with E-state index in [9.17, 15) is 0 Å². The number of rotatable bonds is 0. The molecule has 0 saturated heterocycles. The van der Waals surface area contributed by atoms with Gasteiger partial charge in [-0.2, -0.15) is 14.0 Å². The minimum absolute atomic E-state index is 1.07. The maximum atomic E-state index is 8.60. The first kappa shape index (κ1) is 12.8. The fraction of sp³-hybridized carbons (Fsp3) is 0.100. The van der Waals surface area contributed by atoms with E-state index in [-0.39, 0.29) is 0 Å². The van der Waals surface area contributed by atoms with Gasteiger partial charge in [-0.05, 0) is 19.1 Å². The van der Waals surface area contributed by atoms with Crippen molar-refractivity contribution in [3.8, 4) is 0 Å². The molecule has 0 aliphatic rings. The van der Waals surface area contributed by atoms with Gasteiger partial charge in [0.05, 0.1) is 20.4 Å². The second-order valence-electron chi connectivity index (χ2n) is 3.04. The van der Waals surface area contributed by atoms with Crippen molar-refractivity contribution in [3.63, 3.8) is 0 Å². The van der Waals surface area contributed by atoms with E-state index in [0.29, 0.717) is 0 Å². The molecule has 0 spiro atoms. The molecule has 1 aromatic heterocycles. The lowest BCUT2D eigenvalue weighted by molar-refractivity contribution is -1.92. The Labute approximate surface area is 94.3 Å². The minimum atomic E-state index is -4.69. The Morgan fingerprint density at radius 3 is 2.25 bits per heavy atom. The lowest BCUT2D eigenvalue weighted by Crippen LogP contribution is -2.58. The van der Waals surface area contributed by atoms with E-state index in [4.69, 9.17) is 18.6 Å². The molecular formula is C10H10ClNO4. The number of hydrogen-bond acceptors (Lipinski definition) is 5. The summed E-state index contributed by atoms with van der Waals surface area (Å²) in [5.74, 6) is 0. The number of para-hydroxylation sites is 1. The number of pyridine rings is 1. The first-order valence-corrected chi connectivity index (χ1v) is 5.58. The average Bonchev–Trinajstić information content (AvgIpc) is 2.15. The molecule has 5 nitrogen and oxygen atoms in total. The molecular weight excluding hydrogens is 234 g/mol. The third-order valence-corrected chi connectivity index (χ3v) is 1.74. The number of aromatic nitrogens is 1. The number of benzene rings is 1. The monoisotopic (exact) mass is 243 g/mol. The summed E-state index contributed by atoms with van der Waals surface area (Å²) in [6, 6.07) is 12.3. The van der Waals surface area contributed by atoms with Gasteiger partial charge in [0.2, 0.25) is 0 Å². The predicted molar refractivity (Wildman–Crippen MR) is 48.7 cm³/mol. The smallest absolute Gasteiger partial charge is 0.0777 e. The lowest BCUT2D eigenvalue weighted by atomic mass is 10.2. The fourth-order valence-electron chi connectivity index (χ4n) is 1.17. The van der Waals surface area contributed by atoms with Crippen LogP contribution in [0.1, 0.15) is 5.69 Å². The fourth-order valence-corrected chi connectivity index (χ4v) is 1.17. The van der Waals surface area contributed by atoms with Crippen LogP contribution in [0.3, 0.4) is 0 Å². The van der Waals surface area contributed by atoms with Gasteiger partial charge in [0.15, 0.2) is 0 Å². The quantitative estimate of drug-likeness (QED) is 0.602. The van der Waals surface area contributed by atoms with E-state index in [1.807, 2.05) is 31.2 Å². The van der Waals surface area contributed by atoms with Crippen molar-refractivity contribution >= 4 is 10.9 Å². The standard InChI is InChI=1S/C10H9N.ClHO4/c1-8-6-7-9-4-2-3-5-10(9)11-8;2-1(3,4)5/h2-7H,1H3;(H,2,3,4,5). The number of nitrogens with zero attached hydrogens (tertiary/aromatic N) is 1. The first-order chi connectivity index (χ1) is 7.36. The average molecular weight is 244 g/mol. The van der Waals surface area contributed by atoms with Crippen LogP contribution in [0.4, 0.5) is 0 Å². The van der Waals surface area contributed by atoms with E-state index in [0.717, 1.165) is 11.2 Å². The predicted octanol–water partition coefficient (Wildman–Crippen LogP) is -1.58. The molecule has 0 atom stereocenters. The van der Waals surface area contributed by atoms with Gasteiger partial charge in [-0.25, -0.2) is 0 Å². The van der Waals surface area contributed by atoms with E-state index >= 15 is 0 Å². The van der Waals surface area contributed by atoms with Crippen LogP contribution >= 0.6 is 0 Å². The maximum absolute atomic E-state index is 8.60. The molecule has 16 heavy (non-hydrogen) atoms. The van der Waals surface area contributed by atoms with Crippen molar-refractivity contribution in [3.05, 3.63) is 42.1 Å². The second-order valence-corrected chi connectivity index (χ2v) is 3.83. The van der Waals surface area contributed by atoms with Crippen LogP contribution in [0.25, 0.3) is 10.9 Å². The zero-order chi connectivity index (χ0) is 12.2. The molecule has 2 aromatic rings. The topological polar surface area (TPSA) is 102 Å². The Balaban J connectivity index is 0.000000221. The van der Waals surface area contributed by atoms with Crippen molar-refractivity contribution in [2.45, 2.75) is 6.92 Å². The maximum Gasteiger partial charge on any atom is 0.0777 e. The van der Waals surface area contributed by atoms with Gasteiger partial charge < -0.3 is 0 Å². The van der Waals surface area contributed by atoms with Crippen LogP contribution in [-0.2, 0) is 0 Å². The first-order valence-electron chi connectivity index (χ1n) is 4.32. The van der Waals surface area contributed by atoms with Crippen molar-refractivity contribution in [2.24, 2.45) is 0 Å². The Hall–Kier alpha value is -1.24. The number of fused-ring (bicyclic) bond motifs is 1. The third kappa shape index (κ3) is 5.01. The van der Waals surface area contributed by atoms with Crippen LogP contribution in [0.15, 0.2) is 36.4 Å². The van der Waals surface area contributed by atoms with Crippen LogP contribution in [0, 0.1) is 17.2 Å². The summed E-state index contributed by atoms with van der Waals surface area (Å²) in [7, 11) is -4.69.